The Morgan fingerprint density at radius 1 is 1.62 bits per heavy atom. The fourth-order valence-electron chi connectivity index (χ4n) is 2.25. The number of aromatic nitrogens is 1. The summed E-state index contributed by atoms with van der Waals surface area (Å²) in [7, 11) is 0. The second-order valence-electron chi connectivity index (χ2n) is 4.25. The third-order valence-corrected chi connectivity index (χ3v) is 3.47. The molecule has 86 valence electrons. The number of carbonyl (C=O) groups excluding carboxylic acids is 1. The minimum Gasteiger partial charge on any atom is -0.336 e. The Morgan fingerprint density at radius 3 is 3.00 bits per heavy atom. The Kier molecular flexibility index (Phi) is 3.15. The summed E-state index contributed by atoms with van der Waals surface area (Å²) in [6.45, 7) is 4.40. The molecule has 1 aliphatic rings. The van der Waals surface area contributed by atoms with Crippen LogP contribution in [0.3, 0.4) is 0 Å². The van der Waals surface area contributed by atoms with Gasteiger partial charge < -0.3 is 4.90 Å². The van der Waals surface area contributed by atoms with Crippen molar-refractivity contribution in [3.05, 3.63) is 28.5 Å². The third-order valence-electron chi connectivity index (χ3n) is 3.08. The molecule has 0 saturated carbocycles. The summed E-state index contributed by atoms with van der Waals surface area (Å²) >= 11 is 5.89. The first-order chi connectivity index (χ1) is 7.59. The first-order valence-corrected chi connectivity index (χ1v) is 5.86. The zero-order chi connectivity index (χ0) is 11.7. The fraction of sp³-hybridized carbons (Fsp3) is 0.500. The number of likely N-dealkylation sites (tertiary alicyclic amines) is 1. The number of carbonyl (C=O) groups is 1. The summed E-state index contributed by atoms with van der Waals surface area (Å²) in [5.41, 5.74) is 2.06. The lowest BCUT2D eigenvalue weighted by Gasteiger charge is -2.23. The molecule has 1 saturated heterocycles. The van der Waals surface area contributed by atoms with Crippen molar-refractivity contribution >= 4 is 17.5 Å². The predicted molar refractivity (Wildman–Crippen MR) is 63.3 cm³/mol. The fourth-order valence-corrected chi connectivity index (χ4v) is 2.36. The molecule has 0 radical (unpaired) electrons. The van der Waals surface area contributed by atoms with Crippen LogP contribution < -0.4 is 0 Å². The molecular formula is C12H15ClN2O. The Labute approximate surface area is 100 Å². The van der Waals surface area contributed by atoms with E-state index >= 15 is 0 Å². The number of hydrogen-bond acceptors (Lipinski definition) is 2. The van der Waals surface area contributed by atoms with Crippen LogP contribution in [0.5, 0.6) is 0 Å². The van der Waals surface area contributed by atoms with Crippen LogP contribution in [0.25, 0.3) is 0 Å². The van der Waals surface area contributed by atoms with E-state index < -0.39 is 0 Å². The molecule has 0 bridgehead atoms. The van der Waals surface area contributed by atoms with Crippen molar-refractivity contribution in [2.75, 3.05) is 6.54 Å². The lowest BCUT2D eigenvalue weighted by atomic mass is 10.1. The normalized spacial score (nSPS) is 20.2. The SMILES string of the molecule is CC(=O)N1CCC[C@H]1c1cnc(Cl)c(C)c1. The number of hydrogen-bond donors (Lipinski definition) is 0. The zero-order valence-electron chi connectivity index (χ0n) is 9.53. The largest absolute Gasteiger partial charge is 0.336 e. The molecule has 0 N–H and O–H groups in total. The van der Waals surface area contributed by atoms with E-state index in [1.165, 1.54) is 0 Å². The van der Waals surface area contributed by atoms with E-state index in [9.17, 15) is 4.79 Å². The Balaban J connectivity index is 2.29. The molecule has 0 unspecified atom stereocenters. The second kappa shape index (κ2) is 4.42. The van der Waals surface area contributed by atoms with Gasteiger partial charge in [-0.05, 0) is 37.0 Å². The number of aryl methyl sites for hydroxylation is 1. The van der Waals surface area contributed by atoms with Gasteiger partial charge in [-0.3, -0.25) is 4.79 Å². The Hall–Kier alpha value is -1.09. The number of rotatable bonds is 1. The molecule has 1 fully saturated rings. The molecule has 4 heteroatoms. The van der Waals surface area contributed by atoms with Gasteiger partial charge >= 0.3 is 0 Å². The molecule has 0 spiro atoms. The Bertz CT molecular complexity index is 419. The minimum atomic E-state index is 0.134. The molecule has 2 rings (SSSR count). The molecule has 1 atom stereocenters. The zero-order valence-corrected chi connectivity index (χ0v) is 10.3. The molecule has 2 heterocycles. The molecular weight excluding hydrogens is 224 g/mol. The van der Waals surface area contributed by atoms with Crippen LogP contribution in [-0.2, 0) is 4.79 Å². The molecule has 0 aromatic carbocycles. The van der Waals surface area contributed by atoms with Gasteiger partial charge in [0.25, 0.3) is 0 Å². The van der Waals surface area contributed by atoms with Crippen LogP contribution in [0.1, 0.15) is 36.9 Å². The van der Waals surface area contributed by atoms with E-state index in [2.05, 4.69) is 4.98 Å². The van der Waals surface area contributed by atoms with Gasteiger partial charge in [0.2, 0.25) is 5.91 Å². The highest BCUT2D eigenvalue weighted by atomic mass is 35.5. The maximum atomic E-state index is 11.5. The van der Waals surface area contributed by atoms with Gasteiger partial charge in [0, 0.05) is 19.7 Å². The summed E-state index contributed by atoms with van der Waals surface area (Å²) in [5, 5.41) is 0.538. The van der Waals surface area contributed by atoms with E-state index in [-0.39, 0.29) is 11.9 Å². The number of amides is 1. The monoisotopic (exact) mass is 238 g/mol. The average molecular weight is 239 g/mol. The van der Waals surface area contributed by atoms with E-state index in [4.69, 9.17) is 11.6 Å². The lowest BCUT2D eigenvalue weighted by Crippen LogP contribution is -2.28. The molecule has 1 amide bonds. The lowest BCUT2D eigenvalue weighted by molar-refractivity contribution is -0.129. The summed E-state index contributed by atoms with van der Waals surface area (Å²) in [6, 6.07) is 2.21. The highest BCUT2D eigenvalue weighted by Crippen LogP contribution is 2.32. The second-order valence-corrected chi connectivity index (χ2v) is 4.60. The minimum absolute atomic E-state index is 0.134. The van der Waals surface area contributed by atoms with Crippen LogP contribution in [0.2, 0.25) is 5.15 Å². The smallest absolute Gasteiger partial charge is 0.219 e. The van der Waals surface area contributed by atoms with E-state index in [1.807, 2.05) is 17.9 Å². The van der Waals surface area contributed by atoms with Gasteiger partial charge in [0.1, 0.15) is 5.15 Å². The highest BCUT2D eigenvalue weighted by Gasteiger charge is 2.28. The predicted octanol–water partition coefficient (Wildman–Crippen LogP) is 2.73. The molecule has 1 aromatic rings. The van der Waals surface area contributed by atoms with Crippen LogP contribution >= 0.6 is 11.6 Å². The van der Waals surface area contributed by atoms with Crippen molar-refractivity contribution in [2.24, 2.45) is 0 Å². The van der Waals surface area contributed by atoms with Gasteiger partial charge in [0.15, 0.2) is 0 Å². The summed E-state index contributed by atoms with van der Waals surface area (Å²) in [5.74, 6) is 0.134. The first kappa shape index (κ1) is 11.4. The standard InChI is InChI=1S/C12H15ClN2O/c1-8-6-10(7-14-12(8)13)11-4-3-5-15(11)9(2)16/h6-7,11H,3-5H2,1-2H3/t11-/m0/s1. The van der Waals surface area contributed by atoms with Crippen LogP contribution in [0, 0.1) is 6.92 Å². The molecule has 1 aliphatic heterocycles. The summed E-state index contributed by atoms with van der Waals surface area (Å²) in [4.78, 5) is 17.5. The number of nitrogens with zero attached hydrogens (tertiary/aromatic N) is 2. The third kappa shape index (κ3) is 2.05. The summed E-state index contributed by atoms with van der Waals surface area (Å²) < 4.78 is 0. The topological polar surface area (TPSA) is 33.2 Å². The van der Waals surface area contributed by atoms with Crippen molar-refractivity contribution < 1.29 is 4.79 Å². The maximum absolute atomic E-state index is 11.5. The first-order valence-electron chi connectivity index (χ1n) is 5.49. The van der Waals surface area contributed by atoms with Gasteiger partial charge in [-0.25, -0.2) is 4.98 Å². The molecule has 1 aromatic heterocycles. The number of pyridine rings is 1. The quantitative estimate of drug-likeness (QED) is 0.705. The molecule has 0 aliphatic carbocycles. The Morgan fingerprint density at radius 2 is 2.38 bits per heavy atom. The van der Waals surface area contributed by atoms with Crippen molar-refractivity contribution in [1.82, 2.24) is 9.88 Å². The van der Waals surface area contributed by atoms with Gasteiger partial charge in [-0.1, -0.05) is 11.6 Å². The van der Waals surface area contributed by atoms with Crippen molar-refractivity contribution in [3.8, 4) is 0 Å². The van der Waals surface area contributed by atoms with E-state index in [0.717, 1.165) is 30.5 Å². The van der Waals surface area contributed by atoms with Gasteiger partial charge in [0.05, 0.1) is 6.04 Å². The molecule has 16 heavy (non-hydrogen) atoms. The van der Waals surface area contributed by atoms with Crippen molar-refractivity contribution in [3.63, 3.8) is 0 Å². The van der Waals surface area contributed by atoms with Crippen LogP contribution in [-0.4, -0.2) is 22.3 Å². The van der Waals surface area contributed by atoms with Crippen molar-refractivity contribution in [2.45, 2.75) is 32.7 Å². The van der Waals surface area contributed by atoms with Crippen LogP contribution in [0.4, 0.5) is 0 Å². The highest BCUT2D eigenvalue weighted by molar-refractivity contribution is 6.30. The molecule has 3 nitrogen and oxygen atoms in total. The van der Waals surface area contributed by atoms with Crippen LogP contribution in [0.15, 0.2) is 12.3 Å². The van der Waals surface area contributed by atoms with E-state index in [0.29, 0.717) is 5.15 Å². The summed E-state index contributed by atoms with van der Waals surface area (Å²) in [6.07, 6.45) is 3.86. The maximum Gasteiger partial charge on any atom is 0.219 e. The average Bonchev–Trinajstić information content (AvgIpc) is 2.71. The number of halogens is 1. The van der Waals surface area contributed by atoms with Gasteiger partial charge in [-0.15, -0.1) is 0 Å². The van der Waals surface area contributed by atoms with Crippen molar-refractivity contribution in [1.29, 1.82) is 0 Å². The van der Waals surface area contributed by atoms with Gasteiger partial charge in [-0.2, -0.15) is 0 Å². The van der Waals surface area contributed by atoms with E-state index in [1.54, 1.807) is 13.1 Å².